The molecule has 6 aromatic heterocycles. The van der Waals surface area contributed by atoms with Crippen molar-refractivity contribution in [2.24, 2.45) is 5.73 Å². The van der Waals surface area contributed by atoms with Crippen LogP contribution < -0.4 is 36.9 Å². The van der Waals surface area contributed by atoms with Crippen LogP contribution in [0.5, 0.6) is 11.5 Å². The zero-order valence-corrected chi connectivity index (χ0v) is 40.7. The molecule has 0 spiro atoms. The first-order chi connectivity index (χ1) is 34.6. The molecule has 384 valence electrons. The average molecular weight is 1040 g/mol. The molecular formula is C47H55Cl2F3N14O6. The summed E-state index contributed by atoms with van der Waals surface area (Å²) in [4.78, 5) is 46.3. The van der Waals surface area contributed by atoms with E-state index >= 15 is 0 Å². The molecule has 0 radical (unpaired) electrons. The Bertz CT molecular complexity index is 2820. The lowest BCUT2D eigenvalue weighted by molar-refractivity contribution is -0.156. The number of nitrogens with two attached hydrogens (primary N) is 2. The highest BCUT2D eigenvalue weighted by Gasteiger charge is 2.25. The average Bonchev–Trinajstić information content (AvgIpc) is 3.38. The van der Waals surface area contributed by atoms with Gasteiger partial charge in [0.05, 0.1) is 62.7 Å². The van der Waals surface area contributed by atoms with E-state index in [0.29, 0.717) is 82.2 Å². The number of anilines is 4. The van der Waals surface area contributed by atoms with Crippen LogP contribution in [-0.2, 0) is 11.3 Å². The second-order valence-corrected chi connectivity index (χ2v) is 15.2. The smallest absolute Gasteiger partial charge is 0.446 e. The summed E-state index contributed by atoms with van der Waals surface area (Å²) < 4.78 is 41.9. The number of nitrogens with zero attached hydrogens (tertiary/aromatic N) is 9. The maximum absolute atomic E-state index is 10.4. The Hall–Kier alpha value is -7.41. The second kappa shape index (κ2) is 31.0. The lowest BCUT2D eigenvalue weighted by Gasteiger charge is -2.17. The summed E-state index contributed by atoms with van der Waals surface area (Å²) in [6, 6.07) is 16.0. The van der Waals surface area contributed by atoms with Crippen LogP contribution in [0.15, 0.2) is 111 Å². The molecule has 0 aliphatic heterocycles. The van der Waals surface area contributed by atoms with Gasteiger partial charge in [0.2, 0.25) is 23.5 Å². The van der Waals surface area contributed by atoms with Crippen LogP contribution in [0, 0.1) is 0 Å². The summed E-state index contributed by atoms with van der Waals surface area (Å²) in [6.07, 6.45) is 6.36. The molecule has 0 amide bonds. The number of benzene rings is 1. The number of aliphatic hydroxyl groups excluding tert-OH is 3. The van der Waals surface area contributed by atoms with Gasteiger partial charge in [-0.15, -0.1) is 19.7 Å². The van der Waals surface area contributed by atoms with Crippen molar-refractivity contribution in [2.75, 3.05) is 55.7 Å². The third-order valence-electron chi connectivity index (χ3n) is 9.11. The maximum atomic E-state index is 10.4. The van der Waals surface area contributed by atoms with E-state index in [1.165, 1.54) is 0 Å². The molecule has 0 aliphatic carbocycles. The highest BCUT2D eigenvalue weighted by atomic mass is 35.5. The van der Waals surface area contributed by atoms with E-state index in [2.05, 4.69) is 80.5 Å². The summed E-state index contributed by atoms with van der Waals surface area (Å²) in [5, 5.41) is 37.1. The quantitative estimate of drug-likeness (QED) is 0.0187. The van der Waals surface area contributed by atoms with Crippen molar-refractivity contribution in [1.82, 2.24) is 44.9 Å². The number of methoxy groups -OCH3 is 2. The highest BCUT2D eigenvalue weighted by molar-refractivity contribution is 6.35. The number of fused-ring (bicyclic) bond motifs is 3. The van der Waals surface area contributed by atoms with Gasteiger partial charge in [0.25, 0.3) is 0 Å². The number of ether oxygens (including phenoxy) is 2. The number of hydrogen-bond acceptors (Lipinski definition) is 20. The molecule has 10 N–H and O–H groups in total. The first kappa shape index (κ1) is 58.9. The van der Waals surface area contributed by atoms with Gasteiger partial charge in [0, 0.05) is 42.8 Å². The first-order valence-corrected chi connectivity index (χ1v) is 22.2. The molecule has 0 unspecified atom stereocenters. The lowest BCUT2D eigenvalue weighted by Crippen LogP contribution is -2.24. The van der Waals surface area contributed by atoms with Crippen molar-refractivity contribution in [3.63, 3.8) is 0 Å². The van der Waals surface area contributed by atoms with Crippen LogP contribution in [0.1, 0.15) is 24.8 Å². The van der Waals surface area contributed by atoms with Crippen LogP contribution in [0.25, 0.3) is 33.1 Å². The van der Waals surface area contributed by atoms with Crippen molar-refractivity contribution in [1.29, 1.82) is 0 Å². The molecule has 0 aliphatic rings. The molecule has 7 aromatic rings. The van der Waals surface area contributed by atoms with E-state index in [-0.39, 0.29) is 54.3 Å². The number of carbonyl (C=O) groups is 1. The summed E-state index contributed by atoms with van der Waals surface area (Å²) in [6.45, 7) is 11.3. The van der Waals surface area contributed by atoms with Crippen molar-refractivity contribution >= 4 is 86.1 Å². The van der Waals surface area contributed by atoms with Crippen LogP contribution >= 0.6 is 23.2 Å². The fraction of sp³-hybridized carbons (Fsp3) is 0.277. The number of nitrogens with one attached hydrogen (secondary N) is 3. The van der Waals surface area contributed by atoms with Gasteiger partial charge in [-0.05, 0) is 79.4 Å². The summed E-state index contributed by atoms with van der Waals surface area (Å²) >= 11 is 11.4. The third-order valence-corrected chi connectivity index (χ3v) is 9.54. The molecule has 25 heteroatoms. The molecule has 1 aromatic carbocycles. The van der Waals surface area contributed by atoms with E-state index in [1.54, 1.807) is 69.2 Å². The minimum absolute atomic E-state index is 0.0236. The van der Waals surface area contributed by atoms with Gasteiger partial charge in [-0.3, -0.25) is 19.7 Å². The van der Waals surface area contributed by atoms with Crippen molar-refractivity contribution < 1.29 is 42.8 Å². The second-order valence-electron chi connectivity index (χ2n) is 14.5. The Labute approximate surface area is 422 Å². The molecular weight excluding hydrogens is 985 g/mol. The Kier molecular flexibility index (Phi) is 25.4. The Balaban J connectivity index is 0.000000270. The van der Waals surface area contributed by atoms with E-state index in [1.807, 2.05) is 36.4 Å². The molecule has 3 atom stereocenters. The number of alkyl halides is 3. The summed E-state index contributed by atoms with van der Waals surface area (Å²) in [5.74, 6) is 3.14. The predicted octanol–water partition coefficient (Wildman–Crippen LogP) is 6.92. The highest BCUT2D eigenvalue weighted by Crippen LogP contribution is 2.27. The minimum atomic E-state index is -4.64. The van der Waals surface area contributed by atoms with E-state index in [9.17, 15) is 23.4 Å². The summed E-state index contributed by atoms with van der Waals surface area (Å²) in [7, 11) is 3.23. The molecule has 7 rings (SSSR count). The Morgan fingerprint density at radius 2 is 1.22 bits per heavy atom. The van der Waals surface area contributed by atoms with E-state index in [4.69, 9.17) is 54.0 Å². The van der Waals surface area contributed by atoms with Gasteiger partial charge in [-0.2, -0.15) is 23.1 Å². The van der Waals surface area contributed by atoms with Crippen LogP contribution in [0.3, 0.4) is 0 Å². The zero-order valence-electron chi connectivity index (χ0n) is 39.2. The fourth-order valence-electron chi connectivity index (χ4n) is 5.75. The lowest BCUT2D eigenvalue weighted by atomic mass is 10.2. The number of aldehydes is 1. The minimum Gasteiger partial charge on any atom is -0.497 e. The predicted molar refractivity (Wildman–Crippen MR) is 274 cm³/mol. The summed E-state index contributed by atoms with van der Waals surface area (Å²) in [5.41, 5.74) is 15.7. The number of hydrogen-bond donors (Lipinski definition) is 8. The number of pyridine rings is 3. The number of nitrogen functional groups attached to an aromatic ring is 1. The number of aliphatic hydroxyl groups is 3. The van der Waals surface area contributed by atoms with Crippen LogP contribution in [0.2, 0.25) is 10.4 Å². The number of carbonyl (C=O) groups excluding carboxylic acids is 1. The van der Waals surface area contributed by atoms with Gasteiger partial charge >= 0.3 is 6.18 Å². The van der Waals surface area contributed by atoms with Crippen molar-refractivity contribution in [3.8, 4) is 11.5 Å². The standard InChI is InChI=1S/C21H25N5O3.C12H15N5O.C7H3Cl2N3.C5H11NO.C2HF3O/c1-4-6-15(13-27)24-20-19-17(7-5-10-22-19)25-21(26-20)23-12-14-8-9-16(28-2)11-18(14)29-3;1-2-4-8(7-18)15-11-10-9(5-3-6-14-10)16-12(13)17-11;8-6-5-4(2-1-3-10-5)11-7(9)12-6;1-2-3-5(6)4-7;3-2(4,5)1-6/h4-5,7-11,15,27H,1,6,12-13H2,2-3H3,(H2,23,24,25,26);2-3,5-6,8,18H,1,4,7H2,(H3,13,15,16,17);1-3H;2,5,7H,1,3-4,6H2;1H/t15-;8-;;5-;/m11.1./s1. The molecule has 6 heterocycles. The normalized spacial score (nSPS) is 11.8. The zero-order chi connectivity index (χ0) is 53.1. The molecule has 20 nitrogen and oxygen atoms in total. The molecule has 0 fully saturated rings. The molecule has 0 bridgehead atoms. The maximum Gasteiger partial charge on any atom is 0.446 e. The molecule has 72 heavy (non-hydrogen) atoms. The number of aromatic nitrogens is 9. The van der Waals surface area contributed by atoms with E-state index < -0.39 is 12.5 Å². The number of halogens is 5. The molecule has 0 saturated heterocycles. The first-order valence-electron chi connectivity index (χ1n) is 21.4. The monoisotopic (exact) mass is 1040 g/mol. The van der Waals surface area contributed by atoms with Crippen LogP contribution in [-0.4, -0.2) is 125 Å². The Morgan fingerprint density at radius 1 is 0.708 bits per heavy atom. The van der Waals surface area contributed by atoms with Crippen molar-refractivity contribution in [2.45, 2.75) is 50.1 Å². The van der Waals surface area contributed by atoms with Gasteiger partial charge in [-0.1, -0.05) is 29.8 Å². The van der Waals surface area contributed by atoms with Crippen molar-refractivity contribution in [3.05, 3.63) is 127 Å². The largest absolute Gasteiger partial charge is 0.497 e. The van der Waals surface area contributed by atoms with Gasteiger partial charge in [-0.25, -0.2) is 19.9 Å². The van der Waals surface area contributed by atoms with Gasteiger partial charge < -0.3 is 52.2 Å². The SMILES string of the molecule is C=CC[C@@H](N)CO.C=CC[C@H](CO)Nc1nc(N)nc2cccnc12.C=CC[C@H](CO)Nc1nc(NCc2ccc(OC)cc2OC)nc2cccnc12.Clc1nc(Cl)c2ncccc2n1.O=CC(F)(F)F. The van der Waals surface area contributed by atoms with Gasteiger partial charge in [0.1, 0.15) is 28.0 Å². The van der Waals surface area contributed by atoms with Gasteiger partial charge in [0.15, 0.2) is 16.8 Å². The fourth-order valence-corrected chi connectivity index (χ4v) is 6.19. The topological polar surface area (TPSA) is 300 Å². The Morgan fingerprint density at radius 3 is 1.69 bits per heavy atom. The third kappa shape index (κ3) is 19.8. The van der Waals surface area contributed by atoms with E-state index in [0.717, 1.165) is 11.3 Å². The van der Waals surface area contributed by atoms with Crippen LogP contribution in [0.4, 0.5) is 36.7 Å². The molecule has 0 saturated carbocycles. The number of rotatable bonds is 18.